The van der Waals surface area contributed by atoms with Crippen LogP contribution in [-0.2, 0) is 0 Å². The molecule has 0 saturated heterocycles. The molecular formula is C18H24N2OS. The molecule has 0 aliphatic rings. The van der Waals surface area contributed by atoms with Crippen LogP contribution in [0.3, 0.4) is 0 Å². The lowest BCUT2D eigenvalue weighted by Crippen LogP contribution is -2.33. The molecule has 2 rings (SSSR count). The first-order valence-electron chi connectivity index (χ1n) is 7.85. The summed E-state index contributed by atoms with van der Waals surface area (Å²) in [4.78, 5) is 18.3. The van der Waals surface area contributed by atoms with Crippen molar-refractivity contribution in [2.45, 2.75) is 46.6 Å². The Kier molecular flexibility index (Phi) is 5.72. The Balaban J connectivity index is 2.25. The Morgan fingerprint density at radius 3 is 2.50 bits per heavy atom. The summed E-state index contributed by atoms with van der Waals surface area (Å²) in [6.07, 6.45) is 2.09. The van der Waals surface area contributed by atoms with Gasteiger partial charge in [0, 0.05) is 10.6 Å². The number of nitrogens with zero attached hydrogens (tertiary/aromatic N) is 1. The van der Waals surface area contributed by atoms with E-state index in [2.05, 4.69) is 35.6 Å². The van der Waals surface area contributed by atoms with Crippen molar-refractivity contribution in [3.8, 4) is 0 Å². The van der Waals surface area contributed by atoms with Gasteiger partial charge in [-0.25, -0.2) is 0 Å². The summed E-state index contributed by atoms with van der Waals surface area (Å²) in [5.41, 5.74) is 2.38. The quantitative estimate of drug-likeness (QED) is 0.841. The number of rotatable bonds is 6. The lowest BCUT2D eigenvalue weighted by molar-refractivity contribution is 0.0919. The Morgan fingerprint density at radius 2 is 1.95 bits per heavy atom. The second-order valence-electron chi connectivity index (χ2n) is 5.63. The van der Waals surface area contributed by atoms with Gasteiger partial charge in [0.1, 0.15) is 0 Å². The van der Waals surface area contributed by atoms with Crippen molar-refractivity contribution in [3.05, 3.63) is 51.5 Å². The molecule has 0 aliphatic heterocycles. The second kappa shape index (κ2) is 7.54. The second-order valence-corrected chi connectivity index (χ2v) is 6.61. The first-order chi connectivity index (χ1) is 10.6. The molecule has 0 spiro atoms. The summed E-state index contributed by atoms with van der Waals surface area (Å²) in [5, 5.41) is 5.29. The number of pyridine rings is 1. The van der Waals surface area contributed by atoms with Gasteiger partial charge in [-0.2, -0.15) is 0 Å². The zero-order valence-corrected chi connectivity index (χ0v) is 14.5. The summed E-state index contributed by atoms with van der Waals surface area (Å²) in [6, 6.07) is 7.97. The normalized spacial score (nSPS) is 12.4. The molecule has 0 saturated carbocycles. The fourth-order valence-electron chi connectivity index (χ4n) is 2.80. The smallest absolute Gasteiger partial charge is 0.253 e. The van der Waals surface area contributed by atoms with E-state index in [1.807, 2.05) is 32.0 Å². The lowest BCUT2D eigenvalue weighted by atomic mass is 9.92. The summed E-state index contributed by atoms with van der Waals surface area (Å²) < 4.78 is 0. The number of aryl methyl sites for hydroxylation is 2. The largest absolute Gasteiger partial charge is 0.344 e. The van der Waals surface area contributed by atoms with Crippen LogP contribution in [0.5, 0.6) is 0 Å². The van der Waals surface area contributed by atoms with Gasteiger partial charge in [0.2, 0.25) is 0 Å². The summed E-state index contributed by atoms with van der Waals surface area (Å²) >= 11 is 1.70. The highest BCUT2D eigenvalue weighted by Gasteiger charge is 2.24. The average molecular weight is 316 g/mol. The molecule has 22 heavy (non-hydrogen) atoms. The highest BCUT2D eigenvalue weighted by molar-refractivity contribution is 7.10. The van der Waals surface area contributed by atoms with E-state index in [0.717, 1.165) is 24.2 Å². The molecule has 2 aromatic rings. The number of hydrogen-bond donors (Lipinski definition) is 1. The van der Waals surface area contributed by atoms with Gasteiger partial charge in [-0.3, -0.25) is 9.78 Å². The number of carbonyl (C=O) groups excluding carboxylic acids is 1. The van der Waals surface area contributed by atoms with E-state index in [1.54, 1.807) is 11.3 Å². The van der Waals surface area contributed by atoms with Crippen molar-refractivity contribution >= 4 is 17.2 Å². The molecule has 1 N–H and O–H groups in total. The molecule has 1 unspecified atom stereocenters. The summed E-state index contributed by atoms with van der Waals surface area (Å²) in [7, 11) is 0. The van der Waals surface area contributed by atoms with E-state index >= 15 is 0 Å². The fraction of sp³-hybridized carbons (Fsp3) is 0.444. The number of hydrogen-bond acceptors (Lipinski definition) is 3. The van der Waals surface area contributed by atoms with Gasteiger partial charge in [0.15, 0.2) is 0 Å². The molecule has 118 valence electrons. The number of thiophene rings is 1. The number of amides is 1. The van der Waals surface area contributed by atoms with Crippen LogP contribution in [0, 0.1) is 19.8 Å². The molecule has 2 heterocycles. The van der Waals surface area contributed by atoms with E-state index < -0.39 is 0 Å². The maximum Gasteiger partial charge on any atom is 0.253 e. The Morgan fingerprint density at radius 1 is 1.23 bits per heavy atom. The molecule has 4 heteroatoms. The SMILES string of the molecule is CCC(CC)C(NC(=O)c1ccc(C)nc1C)c1cccs1. The standard InChI is InChI=1S/C18H24N2OS/c1-5-14(6-2)17(16-8-7-11-22-16)20-18(21)15-10-9-12(3)19-13(15)4/h7-11,14,17H,5-6H2,1-4H3,(H,20,21). The van der Waals surface area contributed by atoms with Crippen molar-refractivity contribution in [3.63, 3.8) is 0 Å². The van der Waals surface area contributed by atoms with Crippen molar-refractivity contribution in [2.24, 2.45) is 5.92 Å². The third kappa shape index (κ3) is 3.74. The van der Waals surface area contributed by atoms with Crippen LogP contribution in [-0.4, -0.2) is 10.9 Å². The van der Waals surface area contributed by atoms with Gasteiger partial charge in [0.05, 0.1) is 17.3 Å². The van der Waals surface area contributed by atoms with Crippen LogP contribution in [0.2, 0.25) is 0 Å². The molecule has 1 atom stereocenters. The number of aromatic nitrogens is 1. The molecule has 0 aliphatic carbocycles. The van der Waals surface area contributed by atoms with E-state index in [0.29, 0.717) is 11.5 Å². The lowest BCUT2D eigenvalue weighted by Gasteiger charge is -2.26. The van der Waals surface area contributed by atoms with E-state index in [1.165, 1.54) is 4.88 Å². The maximum absolute atomic E-state index is 12.7. The van der Waals surface area contributed by atoms with Gasteiger partial charge >= 0.3 is 0 Å². The minimum Gasteiger partial charge on any atom is -0.344 e. The van der Waals surface area contributed by atoms with E-state index in [9.17, 15) is 4.79 Å². The van der Waals surface area contributed by atoms with Crippen LogP contribution in [0.4, 0.5) is 0 Å². The molecule has 1 amide bonds. The fourth-order valence-corrected chi connectivity index (χ4v) is 3.66. The van der Waals surface area contributed by atoms with Crippen LogP contribution in [0.25, 0.3) is 0 Å². The topological polar surface area (TPSA) is 42.0 Å². The van der Waals surface area contributed by atoms with Crippen molar-refractivity contribution in [2.75, 3.05) is 0 Å². The van der Waals surface area contributed by atoms with Crippen molar-refractivity contribution < 1.29 is 4.79 Å². The van der Waals surface area contributed by atoms with E-state index in [4.69, 9.17) is 0 Å². The Hall–Kier alpha value is -1.68. The number of carbonyl (C=O) groups is 1. The van der Waals surface area contributed by atoms with Crippen molar-refractivity contribution in [1.29, 1.82) is 0 Å². The predicted octanol–water partition coefficient (Wildman–Crippen LogP) is 4.67. The average Bonchev–Trinajstić information content (AvgIpc) is 3.01. The predicted molar refractivity (Wildman–Crippen MR) is 92.3 cm³/mol. The van der Waals surface area contributed by atoms with Gasteiger partial charge < -0.3 is 5.32 Å². The van der Waals surface area contributed by atoms with Crippen molar-refractivity contribution in [1.82, 2.24) is 10.3 Å². The molecular weight excluding hydrogens is 292 g/mol. The monoisotopic (exact) mass is 316 g/mol. The minimum atomic E-state index is -0.0321. The summed E-state index contributed by atoms with van der Waals surface area (Å²) in [6.45, 7) is 8.19. The zero-order chi connectivity index (χ0) is 16.1. The van der Waals surface area contributed by atoms with E-state index in [-0.39, 0.29) is 11.9 Å². The Bertz CT molecular complexity index is 618. The third-order valence-corrected chi connectivity index (χ3v) is 5.08. The van der Waals surface area contributed by atoms with Crippen LogP contribution in [0.15, 0.2) is 29.6 Å². The summed E-state index contributed by atoms with van der Waals surface area (Å²) in [5.74, 6) is 0.414. The van der Waals surface area contributed by atoms with Crippen LogP contribution < -0.4 is 5.32 Å². The first kappa shape index (κ1) is 16.7. The van der Waals surface area contributed by atoms with Gasteiger partial charge in [0.25, 0.3) is 5.91 Å². The molecule has 2 aromatic heterocycles. The molecule has 0 fully saturated rings. The molecule has 3 nitrogen and oxygen atoms in total. The first-order valence-corrected chi connectivity index (χ1v) is 8.73. The highest BCUT2D eigenvalue weighted by Crippen LogP contribution is 2.30. The third-order valence-electron chi connectivity index (χ3n) is 4.13. The van der Waals surface area contributed by atoms with Gasteiger partial charge in [-0.15, -0.1) is 11.3 Å². The highest BCUT2D eigenvalue weighted by atomic mass is 32.1. The Labute approximate surface area is 136 Å². The minimum absolute atomic E-state index is 0.0321. The zero-order valence-electron chi connectivity index (χ0n) is 13.7. The molecule has 0 radical (unpaired) electrons. The van der Waals surface area contributed by atoms with Gasteiger partial charge in [-0.1, -0.05) is 32.8 Å². The van der Waals surface area contributed by atoms with Crippen LogP contribution in [0.1, 0.15) is 59.4 Å². The van der Waals surface area contributed by atoms with Gasteiger partial charge in [-0.05, 0) is 43.3 Å². The van der Waals surface area contributed by atoms with Crippen LogP contribution >= 0.6 is 11.3 Å². The molecule has 0 bridgehead atoms. The maximum atomic E-state index is 12.7. The molecule has 0 aromatic carbocycles. The number of nitrogens with one attached hydrogen (secondary N) is 1.